The average molecular weight is 409 g/mol. The summed E-state index contributed by atoms with van der Waals surface area (Å²) >= 11 is 0. The quantitative estimate of drug-likeness (QED) is 0.733. The molecule has 0 bridgehead atoms. The zero-order valence-electron chi connectivity index (χ0n) is 18.9. The summed E-state index contributed by atoms with van der Waals surface area (Å²) in [4.78, 5) is 7.95. The molecular weight excluding hydrogens is 368 g/mol. The molecule has 0 radical (unpaired) electrons. The van der Waals surface area contributed by atoms with Crippen LogP contribution < -0.4 is 5.32 Å². The zero-order chi connectivity index (χ0) is 20.3. The smallest absolute Gasteiger partial charge is 0.114 e. The molecule has 4 heteroatoms. The number of likely N-dealkylation sites (tertiary alicyclic amines) is 1. The molecule has 30 heavy (non-hydrogen) atoms. The fourth-order valence-electron chi connectivity index (χ4n) is 6.22. The molecule has 2 saturated heterocycles. The molecule has 0 amide bonds. The highest BCUT2D eigenvalue weighted by Gasteiger charge is 2.29. The van der Waals surface area contributed by atoms with E-state index >= 15 is 0 Å². The molecule has 1 atom stereocenters. The molecule has 1 saturated carbocycles. The van der Waals surface area contributed by atoms with Gasteiger partial charge in [-0.1, -0.05) is 38.2 Å². The second-order valence-electron chi connectivity index (χ2n) is 10.3. The Labute approximate surface area is 182 Å². The Bertz CT molecular complexity index is 819. The van der Waals surface area contributed by atoms with Gasteiger partial charge in [0.1, 0.15) is 5.82 Å². The largest absolute Gasteiger partial charge is 0.324 e. The molecule has 1 aromatic carbocycles. The molecule has 3 aliphatic rings. The van der Waals surface area contributed by atoms with Crippen molar-refractivity contribution in [3.05, 3.63) is 29.6 Å². The molecule has 3 fully saturated rings. The van der Waals surface area contributed by atoms with E-state index in [4.69, 9.17) is 4.98 Å². The van der Waals surface area contributed by atoms with E-state index in [2.05, 4.69) is 39.9 Å². The number of aryl methyl sites for hydroxylation is 1. The van der Waals surface area contributed by atoms with E-state index in [1.807, 2.05) is 0 Å². The van der Waals surface area contributed by atoms with Crippen LogP contribution in [0.2, 0.25) is 0 Å². The van der Waals surface area contributed by atoms with Gasteiger partial charge in [-0.3, -0.25) is 0 Å². The SMILES string of the molecule is Cc1ccc2c(c1)nc([C@@H]1CCNC1)n2C1CCN(CC2CCCCCCC2)CC1. The minimum Gasteiger partial charge on any atom is -0.324 e. The summed E-state index contributed by atoms with van der Waals surface area (Å²) in [5.74, 6) is 2.86. The second-order valence-corrected chi connectivity index (χ2v) is 10.3. The Morgan fingerprint density at radius 1 is 0.967 bits per heavy atom. The number of aromatic nitrogens is 2. The van der Waals surface area contributed by atoms with Crippen LogP contribution in [0, 0.1) is 12.8 Å². The van der Waals surface area contributed by atoms with Crippen molar-refractivity contribution in [1.29, 1.82) is 0 Å². The Hall–Kier alpha value is -1.39. The first-order chi connectivity index (χ1) is 14.8. The van der Waals surface area contributed by atoms with Crippen molar-refractivity contribution < 1.29 is 0 Å². The Morgan fingerprint density at radius 2 is 1.73 bits per heavy atom. The summed E-state index contributed by atoms with van der Waals surface area (Å²) in [5.41, 5.74) is 3.88. The number of benzene rings is 1. The lowest BCUT2D eigenvalue weighted by Gasteiger charge is -2.36. The van der Waals surface area contributed by atoms with Crippen LogP contribution in [0.1, 0.15) is 87.6 Å². The van der Waals surface area contributed by atoms with Crippen LogP contribution in [0.5, 0.6) is 0 Å². The highest BCUT2D eigenvalue weighted by Crippen LogP contribution is 2.34. The third-order valence-electron chi connectivity index (χ3n) is 7.96. The van der Waals surface area contributed by atoms with Crippen LogP contribution in [-0.4, -0.2) is 47.2 Å². The molecule has 1 aliphatic carbocycles. The van der Waals surface area contributed by atoms with Crippen molar-refractivity contribution in [1.82, 2.24) is 19.8 Å². The molecule has 3 heterocycles. The van der Waals surface area contributed by atoms with Crippen LogP contribution in [0.4, 0.5) is 0 Å². The molecule has 1 aromatic heterocycles. The first-order valence-electron chi connectivity index (χ1n) is 12.7. The Morgan fingerprint density at radius 3 is 2.47 bits per heavy atom. The van der Waals surface area contributed by atoms with E-state index in [-0.39, 0.29) is 0 Å². The van der Waals surface area contributed by atoms with Crippen LogP contribution in [0.3, 0.4) is 0 Å². The van der Waals surface area contributed by atoms with Crippen molar-refractivity contribution in [2.75, 3.05) is 32.7 Å². The van der Waals surface area contributed by atoms with Gasteiger partial charge in [0.25, 0.3) is 0 Å². The Balaban J connectivity index is 1.30. The van der Waals surface area contributed by atoms with Gasteiger partial charge in [0.15, 0.2) is 0 Å². The third-order valence-corrected chi connectivity index (χ3v) is 7.96. The number of imidazole rings is 1. The number of piperidine rings is 1. The topological polar surface area (TPSA) is 33.1 Å². The van der Waals surface area contributed by atoms with Crippen molar-refractivity contribution in [2.24, 2.45) is 5.92 Å². The fourth-order valence-corrected chi connectivity index (χ4v) is 6.22. The number of fused-ring (bicyclic) bond motifs is 1. The zero-order valence-corrected chi connectivity index (χ0v) is 18.9. The number of hydrogen-bond donors (Lipinski definition) is 1. The average Bonchev–Trinajstić information content (AvgIpc) is 3.38. The van der Waals surface area contributed by atoms with Crippen molar-refractivity contribution in [3.8, 4) is 0 Å². The van der Waals surface area contributed by atoms with Gasteiger partial charge in [-0.15, -0.1) is 0 Å². The summed E-state index contributed by atoms with van der Waals surface area (Å²) in [6.45, 7) is 8.26. The van der Waals surface area contributed by atoms with Crippen molar-refractivity contribution in [2.45, 2.75) is 83.1 Å². The highest BCUT2D eigenvalue weighted by molar-refractivity contribution is 5.77. The molecule has 5 rings (SSSR count). The van der Waals surface area contributed by atoms with Gasteiger partial charge in [0.05, 0.1) is 11.0 Å². The maximum absolute atomic E-state index is 5.17. The first-order valence-corrected chi connectivity index (χ1v) is 12.7. The molecule has 2 aliphatic heterocycles. The maximum atomic E-state index is 5.17. The van der Waals surface area contributed by atoms with Crippen LogP contribution >= 0.6 is 0 Å². The van der Waals surface area contributed by atoms with E-state index in [9.17, 15) is 0 Å². The summed E-state index contributed by atoms with van der Waals surface area (Å²) in [5, 5.41) is 3.56. The van der Waals surface area contributed by atoms with Gasteiger partial charge in [0, 0.05) is 38.1 Å². The Kier molecular flexibility index (Phi) is 6.42. The predicted octanol–water partition coefficient (Wildman–Crippen LogP) is 5.42. The lowest BCUT2D eigenvalue weighted by molar-refractivity contribution is 0.151. The predicted molar refractivity (Wildman–Crippen MR) is 125 cm³/mol. The van der Waals surface area contributed by atoms with Gasteiger partial charge in [0.2, 0.25) is 0 Å². The second kappa shape index (κ2) is 9.40. The summed E-state index contributed by atoms with van der Waals surface area (Å²) < 4.78 is 2.65. The van der Waals surface area contributed by atoms with Gasteiger partial charge >= 0.3 is 0 Å². The van der Waals surface area contributed by atoms with Gasteiger partial charge < -0.3 is 14.8 Å². The molecular formula is C26H40N4. The van der Waals surface area contributed by atoms with E-state index in [0.29, 0.717) is 12.0 Å². The van der Waals surface area contributed by atoms with Gasteiger partial charge in [-0.2, -0.15) is 0 Å². The number of nitrogens with one attached hydrogen (secondary N) is 1. The minimum atomic E-state index is 0.575. The monoisotopic (exact) mass is 408 g/mol. The first kappa shape index (κ1) is 20.5. The van der Waals surface area contributed by atoms with Crippen LogP contribution in [0.25, 0.3) is 11.0 Å². The minimum absolute atomic E-state index is 0.575. The van der Waals surface area contributed by atoms with Crippen LogP contribution in [-0.2, 0) is 0 Å². The van der Waals surface area contributed by atoms with E-state index in [0.717, 1.165) is 19.0 Å². The molecule has 0 spiro atoms. The maximum Gasteiger partial charge on any atom is 0.114 e. The standard InChI is InChI=1S/C26H40N4/c1-20-9-10-25-24(17-20)28-26(22-11-14-27-18-22)30(25)23-12-15-29(16-13-23)19-21-7-5-3-2-4-6-8-21/h9-10,17,21-23,27H,2-8,11-16,18-19H2,1H3/t22-/m1/s1. The van der Waals surface area contributed by atoms with Crippen molar-refractivity contribution in [3.63, 3.8) is 0 Å². The molecule has 2 aromatic rings. The van der Waals surface area contributed by atoms with E-state index in [1.54, 1.807) is 0 Å². The number of rotatable bonds is 4. The summed E-state index contributed by atoms with van der Waals surface area (Å²) in [6.07, 6.45) is 14.0. The summed E-state index contributed by atoms with van der Waals surface area (Å²) in [7, 11) is 0. The molecule has 1 N–H and O–H groups in total. The number of hydrogen-bond acceptors (Lipinski definition) is 3. The third kappa shape index (κ3) is 4.45. The fraction of sp³-hybridized carbons (Fsp3) is 0.731. The summed E-state index contributed by atoms with van der Waals surface area (Å²) in [6, 6.07) is 7.48. The normalized spacial score (nSPS) is 25.6. The highest BCUT2D eigenvalue weighted by atomic mass is 15.2. The van der Waals surface area contributed by atoms with Gasteiger partial charge in [-0.05, 0) is 69.2 Å². The molecule has 4 nitrogen and oxygen atoms in total. The number of nitrogens with zero attached hydrogens (tertiary/aromatic N) is 3. The molecule has 164 valence electrons. The van der Waals surface area contributed by atoms with Crippen LogP contribution in [0.15, 0.2) is 18.2 Å². The lowest BCUT2D eigenvalue weighted by Crippen LogP contribution is -2.38. The van der Waals surface area contributed by atoms with E-state index in [1.165, 1.54) is 106 Å². The molecule has 0 unspecified atom stereocenters. The van der Waals surface area contributed by atoms with E-state index < -0.39 is 0 Å². The lowest BCUT2D eigenvalue weighted by atomic mass is 9.90. The van der Waals surface area contributed by atoms with Gasteiger partial charge in [-0.25, -0.2) is 4.98 Å². The van der Waals surface area contributed by atoms with Crippen molar-refractivity contribution >= 4 is 11.0 Å².